The van der Waals surface area contributed by atoms with Crippen molar-refractivity contribution in [2.45, 2.75) is 20.4 Å². The number of benzene rings is 1. The van der Waals surface area contributed by atoms with E-state index in [0.29, 0.717) is 0 Å². The lowest BCUT2D eigenvalue weighted by molar-refractivity contribution is 0.241. The van der Waals surface area contributed by atoms with Crippen molar-refractivity contribution in [2.24, 2.45) is 7.05 Å². The molecule has 0 N–H and O–H groups in total. The fraction of sp³-hybridized carbons (Fsp3) is 0.500. The van der Waals surface area contributed by atoms with Gasteiger partial charge in [0.1, 0.15) is 11.6 Å². The number of hydrogen-bond donors (Lipinski definition) is 0. The van der Waals surface area contributed by atoms with Crippen LogP contribution in [0.2, 0.25) is 0 Å². The lowest BCUT2D eigenvalue weighted by Crippen LogP contribution is -2.46. The first-order valence-electron chi connectivity index (χ1n) is 7.53. The van der Waals surface area contributed by atoms with Crippen molar-refractivity contribution in [3.63, 3.8) is 0 Å². The largest absolute Gasteiger partial charge is 0.369 e. The Morgan fingerprint density at radius 1 is 1.00 bits per heavy atom. The second kappa shape index (κ2) is 5.85. The van der Waals surface area contributed by atoms with Crippen LogP contribution in [0.5, 0.6) is 0 Å². The number of para-hydroxylation sites is 1. The highest BCUT2D eigenvalue weighted by atomic mass is 15.3. The molecule has 1 aromatic carbocycles. The van der Waals surface area contributed by atoms with Gasteiger partial charge < -0.3 is 9.47 Å². The van der Waals surface area contributed by atoms with E-state index in [9.17, 15) is 0 Å². The summed E-state index contributed by atoms with van der Waals surface area (Å²) in [5.74, 6) is 2.03. The summed E-state index contributed by atoms with van der Waals surface area (Å²) in [6, 6.07) is 8.63. The first kappa shape index (κ1) is 14.1. The van der Waals surface area contributed by atoms with Crippen molar-refractivity contribution >= 4 is 5.69 Å². The van der Waals surface area contributed by atoms with E-state index in [-0.39, 0.29) is 0 Å². The number of aryl methyl sites for hydroxylation is 2. The molecule has 2 heterocycles. The predicted molar refractivity (Wildman–Crippen MR) is 84.4 cm³/mol. The van der Waals surface area contributed by atoms with E-state index in [1.807, 2.05) is 14.0 Å². The molecule has 1 aliphatic rings. The zero-order chi connectivity index (χ0) is 14.8. The highest BCUT2D eigenvalue weighted by Crippen LogP contribution is 2.21. The molecule has 0 unspecified atom stereocenters. The summed E-state index contributed by atoms with van der Waals surface area (Å²) in [4.78, 5) is 4.94. The van der Waals surface area contributed by atoms with Gasteiger partial charge in [-0.05, 0) is 25.5 Å². The van der Waals surface area contributed by atoms with E-state index in [1.165, 1.54) is 11.3 Å². The first-order chi connectivity index (χ1) is 10.1. The van der Waals surface area contributed by atoms with E-state index in [2.05, 4.69) is 55.8 Å². The third kappa shape index (κ3) is 2.93. The maximum absolute atomic E-state index is 4.26. The van der Waals surface area contributed by atoms with Crippen molar-refractivity contribution in [2.75, 3.05) is 31.1 Å². The Hall–Kier alpha value is -1.88. The maximum atomic E-state index is 4.26. The summed E-state index contributed by atoms with van der Waals surface area (Å²) < 4.78 is 2.08. The lowest BCUT2D eigenvalue weighted by Gasteiger charge is -2.36. The van der Waals surface area contributed by atoms with E-state index in [0.717, 1.165) is 44.4 Å². The fourth-order valence-electron chi connectivity index (χ4n) is 2.85. The van der Waals surface area contributed by atoms with E-state index in [1.54, 1.807) is 0 Å². The quantitative estimate of drug-likeness (QED) is 0.861. The highest BCUT2D eigenvalue weighted by Gasteiger charge is 2.19. The maximum Gasteiger partial charge on any atom is 0.146 e. The lowest BCUT2D eigenvalue weighted by atomic mass is 10.1. The molecular weight excluding hydrogens is 262 g/mol. The molecule has 0 spiro atoms. The van der Waals surface area contributed by atoms with E-state index in [4.69, 9.17) is 0 Å². The van der Waals surface area contributed by atoms with Gasteiger partial charge in [-0.15, -0.1) is 10.2 Å². The number of aromatic nitrogens is 3. The van der Waals surface area contributed by atoms with Crippen LogP contribution < -0.4 is 4.90 Å². The minimum Gasteiger partial charge on any atom is -0.369 e. The average Bonchev–Trinajstić information content (AvgIpc) is 2.81. The van der Waals surface area contributed by atoms with Gasteiger partial charge in [0.25, 0.3) is 0 Å². The van der Waals surface area contributed by atoms with Crippen molar-refractivity contribution < 1.29 is 0 Å². The van der Waals surface area contributed by atoms with Crippen molar-refractivity contribution in [1.29, 1.82) is 0 Å². The number of piperazine rings is 1. The Labute approximate surface area is 126 Å². The number of hydrogen-bond acceptors (Lipinski definition) is 4. The standard InChI is InChI=1S/C16H23N5/c1-13-6-4-5-7-15(13)21-10-8-20(9-11-21)12-16-18-17-14(2)19(16)3/h4-7H,8-12H2,1-3H3. The van der Waals surface area contributed by atoms with E-state index < -0.39 is 0 Å². The zero-order valence-electron chi connectivity index (χ0n) is 13.1. The van der Waals surface area contributed by atoms with Gasteiger partial charge in [0.2, 0.25) is 0 Å². The van der Waals surface area contributed by atoms with Crippen LogP contribution in [-0.2, 0) is 13.6 Å². The van der Waals surface area contributed by atoms with Gasteiger partial charge in [-0.1, -0.05) is 18.2 Å². The molecule has 21 heavy (non-hydrogen) atoms. The third-order valence-corrected chi connectivity index (χ3v) is 4.38. The van der Waals surface area contributed by atoms with Crippen molar-refractivity contribution in [1.82, 2.24) is 19.7 Å². The Balaban J connectivity index is 1.61. The molecule has 3 rings (SSSR count). The molecule has 0 aliphatic carbocycles. The van der Waals surface area contributed by atoms with Crippen LogP contribution in [0.1, 0.15) is 17.2 Å². The van der Waals surface area contributed by atoms with Crippen LogP contribution in [-0.4, -0.2) is 45.8 Å². The fourth-order valence-corrected chi connectivity index (χ4v) is 2.85. The monoisotopic (exact) mass is 285 g/mol. The SMILES string of the molecule is Cc1ccccc1N1CCN(Cc2nnc(C)n2C)CC1. The van der Waals surface area contributed by atoms with Gasteiger partial charge in [0.05, 0.1) is 6.54 Å². The number of anilines is 1. The van der Waals surface area contributed by atoms with Gasteiger partial charge in [-0.3, -0.25) is 4.90 Å². The molecule has 1 aromatic heterocycles. The van der Waals surface area contributed by atoms with Crippen LogP contribution in [0.4, 0.5) is 5.69 Å². The van der Waals surface area contributed by atoms with Crippen molar-refractivity contribution in [3.8, 4) is 0 Å². The van der Waals surface area contributed by atoms with Gasteiger partial charge in [0.15, 0.2) is 0 Å². The summed E-state index contributed by atoms with van der Waals surface area (Å²) in [6.07, 6.45) is 0. The Kier molecular flexibility index (Phi) is 3.92. The van der Waals surface area contributed by atoms with Gasteiger partial charge in [-0.25, -0.2) is 0 Å². The summed E-state index contributed by atoms with van der Waals surface area (Å²) in [5, 5.41) is 8.39. The van der Waals surface area contributed by atoms with Gasteiger partial charge in [-0.2, -0.15) is 0 Å². The summed E-state index contributed by atoms with van der Waals surface area (Å²) in [6.45, 7) is 9.35. The molecule has 2 aromatic rings. The second-order valence-electron chi connectivity index (χ2n) is 5.77. The second-order valence-corrected chi connectivity index (χ2v) is 5.77. The van der Waals surface area contributed by atoms with Crippen LogP contribution in [0.15, 0.2) is 24.3 Å². The molecule has 0 atom stereocenters. The zero-order valence-corrected chi connectivity index (χ0v) is 13.1. The first-order valence-corrected chi connectivity index (χ1v) is 7.53. The molecule has 5 nitrogen and oxygen atoms in total. The number of rotatable bonds is 3. The normalized spacial score (nSPS) is 16.4. The minimum atomic E-state index is 0.888. The molecule has 0 amide bonds. The molecule has 5 heteroatoms. The van der Waals surface area contributed by atoms with Crippen LogP contribution >= 0.6 is 0 Å². The third-order valence-electron chi connectivity index (χ3n) is 4.38. The molecular formula is C16H23N5. The summed E-state index contributed by atoms with van der Waals surface area (Å²) in [5.41, 5.74) is 2.72. The molecule has 1 aliphatic heterocycles. The van der Waals surface area contributed by atoms with Crippen molar-refractivity contribution in [3.05, 3.63) is 41.5 Å². The molecule has 1 saturated heterocycles. The van der Waals surface area contributed by atoms with Gasteiger partial charge >= 0.3 is 0 Å². The van der Waals surface area contributed by atoms with Crippen LogP contribution in [0, 0.1) is 13.8 Å². The summed E-state index contributed by atoms with van der Waals surface area (Å²) >= 11 is 0. The topological polar surface area (TPSA) is 37.2 Å². The Morgan fingerprint density at radius 3 is 2.33 bits per heavy atom. The molecule has 1 fully saturated rings. The molecule has 112 valence electrons. The Morgan fingerprint density at radius 2 is 1.71 bits per heavy atom. The molecule has 0 bridgehead atoms. The Bertz CT molecular complexity index is 611. The highest BCUT2D eigenvalue weighted by molar-refractivity contribution is 5.53. The number of nitrogens with zero attached hydrogens (tertiary/aromatic N) is 5. The van der Waals surface area contributed by atoms with Crippen LogP contribution in [0.3, 0.4) is 0 Å². The van der Waals surface area contributed by atoms with E-state index >= 15 is 0 Å². The average molecular weight is 285 g/mol. The molecule has 0 radical (unpaired) electrons. The predicted octanol–water partition coefficient (Wildman–Crippen LogP) is 1.75. The van der Waals surface area contributed by atoms with Crippen LogP contribution in [0.25, 0.3) is 0 Å². The summed E-state index contributed by atoms with van der Waals surface area (Å²) in [7, 11) is 2.04. The van der Waals surface area contributed by atoms with Gasteiger partial charge in [0, 0.05) is 38.9 Å². The molecule has 0 saturated carbocycles. The minimum absolute atomic E-state index is 0.888. The smallest absolute Gasteiger partial charge is 0.146 e.